The fourth-order valence-corrected chi connectivity index (χ4v) is 2.24. The molecule has 0 heterocycles. The van der Waals surface area contributed by atoms with Crippen molar-refractivity contribution in [3.05, 3.63) is 35.6 Å². The third-order valence-corrected chi connectivity index (χ3v) is 3.75. The van der Waals surface area contributed by atoms with E-state index in [2.05, 4.69) is 25.7 Å². The quantitative estimate of drug-likeness (QED) is 0.777. The molecule has 0 aliphatic carbocycles. The Morgan fingerprint density at radius 2 is 1.95 bits per heavy atom. The highest BCUT2D eigenvalue weighted by atomic mass is 19.1. The Hall–Kier alpha value is -0.930. The van der Waals surface area contributed by atoms with Crippen LogP contribution in [-0.2, 0) is 0 Å². The maximum atomic E-state index is 13.7. The summed E-state index contributed by atoms with van der Waals surface area (Å²) < 4.78 is 13.7. The first kappa shape index (κ1) is 16.1. The molecule has 0 aliphatic rings. The third-order valence-electron chi connectivity index (χ3n) is 3.75. The van der Waals surface area contributed by atoms with E-state index >= 15 is 0 Å². The Balaban J connectivity index is 2.70. The minimum Gasteiger partial charge on any atom is -0.323 e. The second kappa shape index (κ2) is 8.28. The maximum absolute atomic E-state index is 13.7. The van der Waals surface area contributed by atoms with Crippen LogP contribution in [0.4, 0.5) is 4.39 Å². The molecule has 0 aliphatic heterocycles. The van der Waals surface area contributed by atoms with Crippen molar-refractivity contribution in [3.63, 3.8) is 0 Å². The smallest absolute Gasteiger partial charge is 0.128 e. The third kappa shape index (κ3) is 4.92. The van der Waals surface area contributed by atoms with Gasteiger partial charge in [-0.3, -0.25) is 4.90 Å². The molecule has 0 saturated carbocycles. The molecule has 0 bridgehead atoms. The SMILES string of the molecule is CCCCN(CC(N)c1ccccc1F)C(C)CC. The number of benzene rings is 1. The van der Waals surface area contributed by atoms with Gasteiger partial charge < -0.3 is 5.73 Å². The molecule has 108 valence electrons. The summed E-state index contributed by atoms with van der Waals surface area (Å²) in [5, 5.41) is 0. The highest BCUT2D eigenvalue weighted by Gasteiger charge is 2.18. The number of rotatable bonds is 8. The van der Waals surface area contributed by atoms with Gasteiger partial charge in [-0.1, -0.05) is 38.5 Å². The molecule has 0 radical (unpaired) electrons. The molecule has 1 aromatic rings. The zero-order chi connectivity index (χ0) is 14.3. The summed E-state index contributed by atoms with van der Waals surface area (Å²) in [5.74, 6) is -0.199. The van der Waals surface area contributed by atoms with Gasteiger partial charge in [-0.25, -0.2) is 4.39 Å². The van der Waals surface area contributed by atoms with Crippen LogP contribution in [0.3, 0.4) is 0 Å². The van der Waals surface area contributed by atoms with E-state index in [0.717, 1.165) is 25.9 Å². The highest BCUT2D eigenvalue weighted by Crippen LogP contribution is 2.18. The summed E-state index contributed by atoms with van der Waals surface area (Å²) in [5.41, 5.74) is 6.80. The van der Waals surface area contributed by atoms with Gasteiger partial charge >= 0.3 is 0 Å². The van der Waals surface area contributed by atoms with Crippen LogP contribution < -0.4 is 5.73 Å². The van der Waals surface area contributed by atoms with Crippen LogP contribution in [-0.4, -0.2) is 24.0 Å². The van der Waals surface area contributed by atoms with E-state index in [1.165, 1.54) is 12.5 Å². The van der Waals surface area contributed by atoms with Crippen molar-refractivity contribution in [2.45, 2.75) is 52.1 Å². The van der Waals surface area contributed by atoms with E-state index in [9.17, 15) is 4.39 Å². The highest BCUT2D eigenvalue weighted by molar-refractivity contribution is 5.21. The second-order valence-electron chi connectivity index (χ2n) is 5.23. The first-order chi connectivity index (χ1) is 9.10. The lowest BCUT2D eigenvalue weighted by Gasteiger charge is -2.31. The first-order valence-corrected chi connectivity index (χ1v) is 7.34. The van der Waals surface area contributed by atoms with Crippen molar-refractivity contribution in [2.75, 3.05) is 13.1 Å². The number of hydrogen-bond acceptors (Lipinski definition) is 2. The number of nitrogens with zero attached hydrogens (tertiary/aromatic N) is 1. The molecule has 0 aromatic heterocycles. The number of nitrogens with two attached hydrogens (primary N) is 1. The van der Waals surface area contributed by atoms with Gasteiger partial charge in [0.15, 0.2) is 0 Å². The Morgan fingerprint density at radius 1 is 1.26 bits per heavy atom. The molecular weight excluding hydrogens is 239 g/mol. The largest absolute Gasteiger partial charge is 0.323 e. The zero-order valence-corrected chi connectivity index (χ0v) is 12.4. The van der Waals surface area contributed by atoms with E-state index in [0.29, 0.717) is 11.6 Å². The lowest BCUT2D eigenvalue weighted by molar-refractivity contribution is 0.188. The molecule has 0 fully saturated rings. The summed E-state index contributed by atoms with van der Waals surface area (Å²) in [7, 11) is 0. The molecule has 2 unspecified atom stereocenters. The summed E-state index contributed by atoms with van der Waals surface area (Å²) >= 11 is 0. The minimum absolute atomic E-state index is 0.199. The van der Waals surface area contributed by atoms with Crippen molar-refractivity contribution in [3.8, 4) is 0 Å². The molecular formula is C16H27FN2. The molecule has 1 rings (SSSR count). The Labute approximate surface area is 116 Å². The van der Waals surface area contributed by atoms with Gasteiger partial charge in [-0.2, -0.15) is 0 Å². The Morgan fingerprint density at radius 3 is 2.53 bits per heavy atom. The number of hydrogen-bond donors (Lipinski definition) is 1. The molecule has 2 atom stereocenters. The normalized spacial score (nSPS) is 14.6. The Kier molecular flexibility index (Phi) is 7.03. The van der Waals surface area contributed by atoms with Gasteiger partial charge in [-0.05, 0) is 32.4 Å². The molecule has 19 heavy (non-hydrogen) atoms. The lowest BCUT2D eigenvalue weighted by atomic mass is 10.0. The van der Waals surface area contributed by atoms with E-state index < -0.39 is 0 Å². The van der Waals surface area contributed by atoms with Gasteiger partial charge in [0, 0.05) is 24.2 Å². The molecule has 3 heteroatoms. The monoisotopic (exact) mass is 266 g/mol. The van der Waals surface area contributed by atoms with Crippen LogP contribution in [0.2, 0.25) is 0 Å². The predicted octanol–water partition coefficient (Wildman–Crippen LogP) is 3.73. The molecule has 2 N–H and O–H groups in total. The van der Waals surface area contributed by atoms with E-state index in [1.807, 2.05) is 6.07 Å². The average molecular weight is 266 g/mol. The van der Waals surface area contributed by atoms with E-state index in [1.54, 1.807) is 12.1 Å². The van der Waals surface area contributed by atoms with Crippen molar-refractivity contribution in [2.24, 2.45) is 5.73 Å². The molecule has 0 saturated heterocycles. The standard InChI is InChI=1S/C16H27FN2/c1-4-6-11-19(13(3)5-2)12-16(18)14-9-7-8-10-15(14)17/h7-10,13,16H,4-6,11-12,18H2,1-3H3. The van der Waals surface area contributed by atoms with Gasteiger partial charge in [0.1, 0.15) is 5.82 Å². The summed E-state index contributed by atoms with van der Waals surface area (Å²) in [6.45, 7) is 8.33. The average Bonchev–Trinajstić information content (AvgIpc) is 2.42. The van der Waals surface area contributed by atoms with Crippen LogP contribution in [0.5, 0.6) is 0 Å². The number of unbranched alkanes of at least 4 members (excludes halogenated alkanes) is 1. The van der Waals surface area contributed by atoms with Gasteiger partial charge in [-0.15, -0.1) is 0 Å². The van der Waals surface area contributed by atoms with Crippen molar-refractivity contribution in [1.29, 1.82) is 0 Å². The summed E-state index contributed by atoms with van der Waals surface area (Å²) in [4.78, 5) is 2.38. The van der Waals surface area contributed by atoms with E-state index in [4.69, 9.17) is 5.73 Å². The summed E-state index contributed by atoms with van der Waals surface area (Å²) in [6.07, 6.45) is 3.42. The predicted molar refractivity (Wildman–Crippen MR) is 79.6 cm³/mol. The van der Waals surface area contributed by atoms with Gasteiger partial charge in [0.05, 0.1) is 0 Å². The number of halogens is 1. The van der Waals surface area contributed by atoms with Crippen LogP contribution in [0.25, 0.3) is 0 Å². The van der Waals surface area contributed by atoms with Crippen molar-refractivity contribution in [1.82, 2.24) is 4.90 Å². The van der Waals surface area contributed by atoms with E-state index in [-0.39, 0.29) is 11.9 Å². The fourth-order valence-electron chi connectivity index (χ4n) is 2.24. The lowest BCUT2D eigenvalue weighted by Crippen LogP contribution is -2.39. The van der Waals surface area contributed by atoms with Crippen molar-refractivity contribution >= 4 is 0 Å². The first-order valence-electron chi connectivity index (χ1n) is 7.34. The molecule has 1 aromatic carbocycles. The molecule has 0 amide bonds. The van der Waals surface area contributed by atoms with Gasteiger partial charge in [0.25, 0.3) is 0 Å². The van der Waals surface area contributed by atoms with Crippen molar-refractivity contribution < 1.29 is 4.39 Å². The minimum atomic E-state index is -0.257. The fraction of sp³-hybridized carbons (Fsp3) is 0.625. The van der Waals surface area contributed by atoms with Crippen LogP contribution in [0.1, 0.15) is 51.6 Å². The van der Waals surface area contributed by atoms with Crippen LogP contribution in [0, 0.1) is 5.82 Å². The molecule has 0 spiro atoms. The zero-order valence-electron chi connectivity index (χ0n) is 12.4. The summed E-state index contributed by atoms with van der Waals surface area (Å²) in [6, 6.07) is 7.05. The topological polar surface area (TPSA) is 29.3 Å². The van der Waals surface area contributed by atoms with Gasteiger partial charge in [0.2, 0.25) is 0 Å². The van der Waals surface area contributed by atoms with Crippen LogP contribution >= 0.6 is 0 Å². The molecule has 2 nitrogen and oxygen atoms in total. The maximum Gasteiger partial charge on any atom is 0.128 e. The Bertz CT molecular complexity index is 368. The second-order valence-corrected chi connectivity index (χ2v) is 5.23. The van der Waals surface area contributed by atoms with Crippen LogP contribution in [0.15, 0.2) is 24.3 Å².